The summed E-state index contributed by atoms with van der Waals surface area (Å²) in [4.78, 5) is 11.6. The third kappa shape index (κ3) is 4.12. The lowest BCUT2D eigenvalue weighted by molar-refractivity contribution is 0.381. The predicted octanol–water partition coefficient (Wildman–Crippen LogP) is 1.60. The number of methoxy groups -OCH3 is 1. The van der Waals surface area contributed by atoms with Crippen LogP contribution < -0.4 is 15.9 Å². The summed E-state index contributed by atoms with van der Waals surface area (Å²) in [5.41, 5.74) is 5.40. The number of hydrogen-bond donors (Lipinski definition) is 1. The SMILES string of the molecule is C=CCn1c(CN)nnc1SCc1cc(=O)c(OC)co1.Cl. The van der Waals surface area contributed by atoms with Crippen LogP contribution in [0, 0.1) is 0 Å². The minimum Gasteiger partial charge on any atom is -0.490 e. The number of thioether (sulfide) groups is 1. The summed E-state index contributed by atoms with van der Waals surface area (Å²) >= 11 is 1.41. The van der Waals surface area contributed by atoms with Crippen LogP contribution in [0.3, 0.4) is 0 Å². The van der Waals surface area contributed by atoms with Crippen molar-refractivity contribution in [2.75, 3.05) is 7.11 Å². The molecule has 0 saturated heterocycles. The summed E-state index contributed by atoms with van der Waals surface area (Å²) in [5.74, 6) is 1.87. The van der Waals surface area contributed by atoms with E-state index in [2.05, 4.69) is 16.8 Å². The van der Waals surface area contributed by atoms with E-state index in [0.717, 1.165) is 0 Å². The lowest BCUT2D eigenvalue weighted by Gasteiger charge is -2.06. The average Bonchev–Trinajstić information content (AvgIpc) is 2.88. The molecule has 2 heterocycles. The third-order valence-electron chi connectivity index (χ3n) is 2.70. The average molecular weight is 345 g/mol. The quantitative estimate of drug-likeness (QED) is 0.602. The van der Waals surface area contributed by atoms with Crippen LogP contribution in [0.5, 0.6) is 5.75 Å². The standard InChI is InChI=1S/C13H16N4O3S.ClH/c1-3-4-17-12(6-14)15-16-13(17)21-8-9-5-10(18)11(19-2)7-20-9;/h3,5,7H,1,4,6,8,14H2,2H3;1H. The van der Waals surface area contributed by atoms with Gasteiger partial charge >= 0.3 is 0 Å². The smallest absolute Gasteiger partial charge is 0.227 e. The Balaban J connectivity index is 0.00000242. The maximum Gasteiger partial charge on any atom is 0.227 e. The molecule has 0 unspecified atom stereocenters. The molecule has 22 heavy (non-hydrogen) atoms. The lowest BCUT2D eigenvalue weighted by Crippen LogP contribution is -2.08. The first-order chi connectivity index (χ1) is 10.2. The molecule has 0 aliphatic carbocycles. The number of allylic oxidation sites excluding steroid dienone is 1. The van der Waals surface area contributed by atoms with Gasteiger partial charge in [-0.25, -0.2) is 0 Å². The Hall–Kier alpha value is -1.77. The molecule has 0 radical (unpaired) electrons. The van der Waals surface area contributed by atoms with Gasteiger partial charge in [0, 0.05) is 12.6 Å². The first-order valence-electron chi connectivity index (χ1n) is 6.21. The van der Waals surface area contributed by atoms with Crippen molar-refractivity contribution in [3.05, 3.63) is 46.8 Å². The fraction of sp³-hybridized carbons (Fsp3) is 0.308. The molecular formula is C13H17ClN4O3S. The number of ether oxygens (including phenoxy) is 1. The van der Waals surface area contributed by atoms with E-state index in [0.29, 0.717) is 35.6 Å². The summed E-state index contributed by atoms with van der Waals surface area (Å²) in [5, 5.41) is 8.80. The van der Waals surface area contributed by atoms with Crippen molar-refractivity contribution in [2.45, 2.75) is 24.0 Å². The van der Waals surface area contributed by atoms with Crippen LogP contribution in [-0.4, -0.2) is 21.9 Å². The molecule has 0 aliphatic heterocycles. The highest BCUT2D eigenvalue weighted by molar-refractivity contribution is 7.98. The molecule has 9 heteroatoms. The van der Waals surface area contributed by atoms with Gasteiger partial charge in [0.05, 0.1) is 19.4 Å². The molecule has 0 fully saturated rings. The molecule has 2 N–H and O–H groups in total. The molecular weight excluding hydrogens is 328 g/mol. The number of aromatic nitrogens is 3. The molecule has 2 aromatic rings. The maximum absolute atomic E-state index is 11.6. The van der Waals surface area contributed by atoms with Gasteiger partial charge in [0.1, 0.15) is 17.8 Å². The second-order valence-electron chi connectivity index (χ2n) is 4.07. The monoisotopic (exact) mass is 344 g/mol. The summed E-state index contributed by atoms with van der Waals surface area (Å²) in [7, 11) is 1.42. The molecule has 120 valence electrons. The summed E-state index contributed by atoms with van der Waals surface area (Å²) < 4.78 is 12.1. The number of rotatable bonds is 7. The van der Waals surface area contributed by atoms with E-state index in [1.807, 2.05) is 4.57 Å². The van der Waals surface area contributed by atoms with Gasteiger partial charge in [-0.05, 0) is 0 Å². The molecule has 0 aromatic carbocycles. The number of hydrogen-bond acceptors (Lipinski definition) is 7. The highest BCUT2D eigenvalue weighted by atomic mass is 35.5. The van der Waals surface area contributed by atoms with Crippen molar-refractivity contribution in [2.24, 2.45) is 5.73 Å². The van der Waals surface area contributed by atoms with Crippen LogP contribution in [0.1, 0.15) is 11.6 Å². The zero-order valence-corrected chi connectivity index (χ0v) is 13.7. The normalized spacial score (nSPS) is 10.1. The van der Waals surface area contributed by atoms with Gasteiger partial charge in [0.2, 0.25) is 11.2 Å². The van der Waals surface area contributed by atoms with Crippen molar-refractivity contribution in [3.63, 3.8) is 0 Å². The minimum atomic E-state index is -0.213. The topological polar surface area (TPSA) is 96.2 Å². The Bertz CT molecular complexity index is 686. The molecule has 2 aromatic heterocycles. The van der Waals surface area contributed by atoms with Crippen LogP contribution in [-0.2, 0) is 18.8 Å². The highest BCUT2D eigenvalue weighted by Crippen LogP contribution is 2.22. The Kier molecular flexibility index (Phi) is 7.16. The molecule has 2 rings (SSSR count). The molecule has 0 atom stereocenters. The Labute approximate surface area is 138 Å². The van der Waals surface area contributed by atoms with Crippen LogP contribution in [0.25, 0.3) is 0 Å². The van der Waals surface area contributed by atoms with Crippen molar-refractivity contribution in [1.29, 1.82) is 0 Å². The molecule has 0 aliphatic rings. The Morgan fingerprint density at radius 3 is 2.91 bits per heavy atom. The van der Waals surface area contributed by atoms with Gasteiger partial charge < -0.3 is 19.5 Å². The van der Waals surface area contributed by atoms with Crippen molar-refractivity contribution < 1.29 is 9.15 Å². The third-order valence-corrected chi connectivity index (χ3v) is 3.69. The molecule has 0 saturated carbocycles. The van der Waals surface area contributed by atoms with E-state index in [-0.39, 0.29) is 23.6 Å². The fourth-order valence-corrected chi connectivity index (χ4v) is 2.54. The summed E-state index contributed by atoms with van der Waals surface area (Å²) in [6.07, 6.45) is 3.05. The van der Waals surface area contributed by atoms with E-state index in [9.17, 15) is 4.79 Å². The van der Waals surface area contributed by atoms with Crippen molar-refractivity contribution in [1.82, 2.24) is 14.8 Å². The minimum absolute atomic E-state index is 0. The van der Waals surface area contributed by atoms with Crippen LogP contribution in [0.15, 0.2) is 39.4 Å². The van der Waals surface area contributed by atoms with E-state index >= 15 is 0 Å². The fourth-order valence-electron chi connectivity index (χ4n) is 1.69. The van der Waals surface area contributed by atoms with Crippen molar-refractivity contribution in [3.8, 4) is 5.75 Å². The molecule has 0 amide bonds. The van der Waals surface area contributed by atoms with Gasteiger partial charge in [-0.3, -0.25) is 4.79 Å². The predicted molar refractivity (Wildman–Crippen MR) is 86.4 cm³/mol. The lowest BCUT2D eigenvalue weighted by atomic mass is 10.4. The zero-order chi connectivity index (χ0) is 15.2. The van der Waals surface area contributed by atoms with Gasteiger partial charge in [-0.1, -0.05) is 17.8 Å². The molecule has 0 spiro atoms. The van der Waals surface area contributed by atoms with E-state index in [4.69, 9.17) is 14.9 Å². The highest BCUT2D eigenvalue weighted by Gasteiger charge is 2.11. The number of nitrogens with two attached hydrogens (primary N) is 1. The molecule has 0 bridgehead atoms. The maximum atomic E-state index is 11.6. The number of nitrogens with zero attached hydrogens (tertiary/aromatic N) is 3. The van der Waals surface area contributed by atoms with E-state index in [1.54, 1.807) is 6.08 Å². The first kappa shape index (κ1) is 18.3. The van der Waals surface area contributed by atoms with Gasteiger partial charge in [0.25, 0.3) is 0 Å². The second kappa shape index (κ2) is 8.62. The van der Waals surface area contributed by atoms with Gasteiger partial charge in [-0.2, -0.15) is 0 Å². The molecule has 7 nitrogen and oxygen atoms in total. The van der Waals surface area contributed by atoms with Crippen LogP contribution in [0.2, 0.25) is 0 Å². The first-order valence-corrected chi connectivity index (χ1v) is 7.19. The second-order valence-corrected chi connectivity index (χ2v) is 5.01. The summed E-state index contributed by atoms with van der Waals surface area (Å²) in [6.45, 7) is 4.58. The summed E-state index contributed by atoms with van der Waals surface area (Å²) in [6, 6.07) is 1.41. The van der Waals surface area contributed by atoms with Gasteiger partial charge in [-0.15, -0.1) is 29.2 Å². The van der Waals surface area contributed by atoms with E-state index in [1.165, 1.54) is 31.2 Å². The zero-order valence-electron chi connectivity index (χ0n) is 12.0. The van der Waals surface area contributed by atoms with Gasteiger partial charge in [0.15, 0.2) is 5.16 Å². The Morgan fingerprint density at radius 1 is 1.55 bits per heavy atom. The van der Waals surface area contributed by atoms with Crippen LogP contribution >= 0.6 is 24.2 Å². The Morgan fingerprint density at radius 2 is 2.32 bits per heavy atom. The van der Waals surface area contributed by atoms with Crippen molar-refractivity contribution >= 4 is 24.2 Å². The largest absolute Gasteiger partial charge is 0.490 e. The van der Waals surface area contributed by atoms with E-state index < -0.39 is 0 Å². The number of halogens is 1. The van der Waals surface area contributed by atoms with Crippen LogP contribution in [0.4, 0.5) is 0 Å².